The maximum atomic E-state index is 12.2. The molecule has 21 heavy (non-hydrogen) atoms. The monoisotopic (exact) mass is 284 g/mol. The number of phenols is 1. The number of hydrogen-bond acceptors (Lipinski definition) is 3. The normalized spacial score (nSPS) is 9.95. The van der Waals surface area contributed by atoms with Gasteiger partial charge in [0.2, 0.25) is 0 Å². The van der Waals surface area contributed by atoms with Crippen LogP contribution in [0.3, 0.4) is 0 Å². The summed E-state index contributed by atoms with van der Waals surface area (Å²) in [5, 5.41) is 11.7. The number of amides is 2. The highest BCUT2D eigenvalue weighted by Crippen LogP contribution is 2.16. The number of nitrogens with zero attached hydrogens (tertiary/aromatic N) is 1. The Morgan fingerprint density at radius 1 is 1.05 bits per heavy atom. The van der Waals surface area contributed by atoms with E-state index in [1.807, 2.05) is 18.2 Å². The van der Waals surface area contributed by atoms with Crippen LogP contribution in [-0.2, 0) is 9.59 Å². The summed E-state index contributed by atoms with van der Waals surface area (Å²) >= 11 is 0. The molecule has 0 aromatic heterocycles. The number of carbonyl (C=O) groups excluding carboxylic acids is 2. The van der Waals surface area contributed by atoms with E-state index in [1.54, 1.807) is 19.1 Å². The number of likely N-dealkylation sites (N-methyl/N-ethyl adjacent to an activating group) is 1. The molecular weight excluding hydrogens is 268 g/mol. The Morgan fingerprint density at radius 2 is 1.67 bits per heavy atom. The molecule has 2 aromatic rings. The predicted octanol–water partition coefficient (Wildman–Crippen LogP) is 2.38. The lowest BCUT2D eigenvalue weighted by molar-refractivity contribution is -0.134. The third-order valence-corrected chi connectivity index (χ3v) is 2.95. The van der Waals surface area contributed by atoms with E-state index in [4.69, 9.17) is 0 Å². The van der Waals surface area contributed by atoms with E-state index >= 15 is 0 Å². The summed E-state index contributed by atoms with van der Waals surface area (Å²) in [4.78, 5) is 25.6. The SMILES string of the molecule is CCN(C(=O)C(=O)Nc1ccc(O)cc1)c1ccccc1. The first-order valence-corrected chi connectivity index (χ1v) is 6.58. The summed E-state index contributed by atoms with van der Waals surface area (Å²) in [5.41, 5.74) is 1.13. The Kier molecular flexibility index (Phi) is 4.56. The van der Waals surface area contributed by atoms with Crippen molar-refractivity contribution in [3.8, 4) is 5.75 Å². The standard InChI is InChI=1S/C16H16N2O3/c1-2-18(13-6-4-3-5-7-13)16(21)15(20)17-12-8-10-14(19)11-9-12/h3-11,19H,2H2,1H3,(H,17,20). The topological polar surface area (TPSA) is 69.6 Å². The molecule has 2 rings (SSSR count). The van der Waals surface area contributed by atoms with Crippen molar-refractivity contribution in [1.29, 1.82) is 0 Å². The fourth-order valence-electron chi connectivity index (χ4n) is 1.90. The molecule has 2 N–H and O–H groups in total. The predicted molar refractivity (Wildman–Crippen MR) is 81.2 cm³/mol. The molecule has 0 unspecified atom stereocenters. The Balaban J connectivity index is 2.10. The maximum absolute atomic E-state index is 12.2. The third kappa shape index (κ3) is 3.60. The number of nitrogens with one attached hydrogen (secondary N) is 1. The third-order valence-electron chi connectivity index (χ3n) is 2.95. The van der Waals surface area contributed by atoms with E-state index in [0.29, 0.717) is 17.9 Å². The number of carbonyl (C=O) groups is 2. The minimum absolute atomic E-state index is 0.0961. The Hall–Kier alpha value is -2.82. The molecule has 0 saturated carbocycles. The number of para-hydroxylation sites is 1. The first-order chi connectivity index (χ1) is 10.1. The van der Waals surface area contributed by atoms with E-state index in [2.05, 4.69) is 5.32 Å². The molecule has 108 valence electrons. The van der Waals surface area contributed by atoms with E-state index < -0.39 is 11.8 Å². The largest absolute Gasteiger partial charge is 0.508 e. The Bertz CT molecular complexity index is 624. The minimum Gasteiger partial charge on any atom is -0.508 e. The second-order valence-electron chi connectivity index (χ2n) is 4.39. The molecule has 0 aliphatic carbocycles. The summed E-state index contributed by atoms with van der Waals surface area (Å²) in [6.07, 6.45) is 0. The minimum atomic E-state index is -0.716. The van der Waals surface area contributed by atoms with Crippen molar-refractivity contribution < 1.29 is 14.7 Å². The smallest absolute Gasteiger partial charge is 0.316 e. The van der Waals surface area contributed by atoms with Gasteiger partial charge in [-0.15, -0.1) is 0 Å². The average molecular weight is 284 g/mol. The van der Waals surface area contributed by atoms with Gasteiger partial charge in [-0.25, -0.2) is 0 Å². The highest BCUT2D eigenvalue weighted by atomic mass is 16.3. The van der Waals surface area contributed by atoms with E-state index in [1.165, 1.54) is 29.2 Å². The molecule has 0 aliphatic heterocycles. The van der Waals surface area contributed by atoms with Crippen molar-refractivity contribution >= 4 is 23.2 Å². The van der Waals surface area contributed by atoms with Crippen molar-refractivity contribution in [2.45, 2.75) is 6.92 Å². The molecule has 2 amide bonds. The Morgan fingerprint density at radius 3 is 2.24 bits per heavy atom. The number of benzene rings is 2. The van der Waals surface area contributed by atoms with E-state index in [-0.39, 0.29) is 5.75 Å². The second-order valence-corrected chi connectivity index (χ2v) is 4.39. The molecule has 0 radical (unpaired) electrons. The van der Waals surface area contributed by atoms with E-state index in [0.717, 1.165) is 0 Å². The molecule has 0 saturated heterocycles. The number of aromatic hydroxyl groups is 1. The molecule has 0 heterocycles. The van der Waals surface area contributed by atoms with Gasteiger partial charge in [-0.05, 0) is 43.3 Å². The van der Waals surface area contributed by atoms with Crippen LogP contribution >= 0.6 is 0 Å². The number of hydrogen-bond donors (Lipinski definition) is 2. The van der Waals surface area contributed by atoms with Gasteiger partial charge in [0.25, 0.3) is 0 Å². The van der Waals surface area contributed by atoms with Crippen LogP contribution in [0.2, 0.25) is 0 Å². The lowest BCUT2D eigenvalue weighted by Gasteiger charge is -2.20. The molecule has 0 fully saturated rings. The maximum Gasteiger partial charge on any atom is 0.316 e. The van der Waals surface area contributed by atoms with Gasteiger partial charge in [-0.1, -0.05) is 18.2 Å². The first-order valence-electron chi connectivity index (χ1n) is 6.58. The highest BCUT2D eigenvalue weighted by Gasteiger charge is 2.21. The quantitative estimate of drug-likeness (QED) is 0.671. The fraction of sp³-hybridized carbons (Fsp3) is 0.125. The van der Waals surface area contributed by atoms with Crippen LogP contribution in [0.25, 0.3) is 0 Å². The van der Waals surface area contributed by atoms with Crippen molar-refractivity contribution in [2.24, 2.45) is 0 Å². The van der Waals surface area contributed by atoms with Crippen LogP contribution in [0.4, 0.5) is 11.4 Å². The number of anilines is 2. The highest BCUT2D eigenvalue weighted by molar-refractivity contribution is 6.44. The summed E-state index contributed by atoms with van der Waals surface area (Å²) in [6.45, 7) is 2.20. The Labute approximate surface area is 122 Å². The molecule has 5 heteroatoms. The number of rotatable bonds is 3. The van der Waals surface area contributed by atoms with Crippen LogP contribution in [0.15, 0.2) is 54.6 Å². The van der Waals surface area contributed by atoms with Crippen LogP contribution in [0.5, 0.6) is 5.75 Å². The van der Waals surface area contributed by atoms with Gasteiger partial charge >= 0.3 is 11.8 Å². The lowest BCUT2D eigenvalue weighted by Crippen LogP contribution is -2.39. The van der Waals surface area contributed by atoms with Gasteiger partial charge < -0.3 is 15.3 Å². The van der Waals surface area contributed by atoms with Gasteiger partial charge in [-0.2, -0.15) is 0 Å². The van der Waals surface area contributed by atoms with E-state index in [9.17, 15) is 14.7 Å². The zero-order valence-electron chi connectivity index (χ0n) is 11.6. The molecular formula is C16H16N2O3. The van der Waals surface area contributed by atoms with Crippen molar-refractivity contribution in [3.63, 3.8) is 0 Å². The van der Waals surface area contributed by atoms with Gasteiger partial charge in [-0.3, -0.25) is 9.59 Å². The van der Waals surface area contributed by atoms with Crippen molar-refractivity contribution in [1.82, 2.24) is 0 Å². The zero-order valence-corrected chi connectivity index (χ0v) is 11.6. The van der Waals surface area contributed by atoms with Crippen LogP contribution in [0.1, 0.15) is 6.92 Å². The van der Waals surface area contributed by atoms with Crippen molar-refractivity contribution in [3.05, 3.63) is 54.6 Å². The second kappa shape index (κ2) is 6.56. The first kappa shape index (κ1) is 14.6. The zero-order chi connectivity index (χ0) is 15.2. The molecule has 0 spiro atoms. The van der Waals surface area contributed by atoms with Gasteiger partial charge in [0.15, 0.2) is 0 Å². The van der Waals surface area contributed by atoms with Crippen LogP contribution < -0.4 is 10.2 Å². The average Bonchev–Trinajstić information content (AvgIpc) is 2.51. The lowest BCUT2D eigenvalue weighted by atomic mass is 10.2. The van der Waals surface area contributed by atoms with Crippen molar-refractivity contribution in [2.75, 3.05) is 16.8 Å². The van der Waals surface area contributed by atoms with Gasteiger partial charge in [0, 0.05) is 17.9 Å². The molecule has 5 nitrogen and oxygen atoms in total. The molecule has 0 bridgehead atoms. The van der Waals surface area contributed by atoms with Gasteiger partial charge in [0.1, 0.15) is 5.75 Å². The summed E-state index contributed by atoms with van der Waals surface area (Å²) in [6, 6.07) is 14.9. The van der Waals surface area contributed by atoms with Gasteiger partial charge in [0.05, 0.1) is 0 Å². The molecule has 0 aliphatic rings. The summed E-state index contributed by atoms with van der Waals surface area (Å²) in [5.74, 6) is -1.25. The summed E-state index contributed by atoms with van der Waals surface area (Å²) in [7, 11) is 0. The number of phenolic OH excluding ortho intramolecular Hbond substituents is 1. The van der Waals surface area contributed by atoms with Crippen LogP contribution in [0, 0.1) is 0 Å². The molecule has 2 aromatic carbocycles. The van der Waals surface area contributed by atoms with Crippen LogP contribution in [-0.4, -0.2) is 23.5 Å². The fourth-order valence-corrected chi connectivity index (χ4v) is 1.90. The molecule has 0 atom stereocenters. The summed E-state index contributed by atoms with van der Waals surface area (Å²) < 4.78 is 0.